The molecular formula is C48H30N3O2Pt-. The van der Waals surface area contributed by atoms with Crippen molar-refractivity contribution in [2.75, 3.05) is 0 Å². The summed E-state index contributed by atoms with van der Waals surface area (Å²) in [5.74, 6) is 0.794. The number of rotatable bonds is 6. The number of fused-ring (bicyclic) bond motifs is 4. The maximum absolute atomic E-state index is 11.2. The zero-order valence-corrected chi connectivity index (χ0v) is 31.0. The Morgan fingerprint density at radius 2 is 1.28 bits per heavy atom. The molecule has 5 nitrogen and oxygen atoms in total. The molecule has 0 unspecified atom stereocenters. The third-order valence-electron chi connectivity index (χ3n) is 9.88. The number of imidazole rings is 1. The third kappa shape index (κ3) is 5.62. The quantitative estimate of drug-likeness (QED) is 0.169. The molecule has 0 aliphatic heterocycles. The molecule has 0 atom stereocenters. The van der Waals surface area contributed by atoms with Crippen molar-refractivity contribution in [2.45, 2.75) is 0 Å². The van der Waals surface area contributed by atoms with Gasteiger partial charge in [-0.15, -0.1) is 11.6 Å². The van der Waals surface area contributed by atoms with Crippen molar-refractivity contribution in [3.63, 3.8) is 0 Å². The van der Waals surface area contributed by atoms with Gasteiger partial charge in [-0.3, -0.25) is 9.55 Å². The molecule has 3 heterocycles. The largest absolute Gasteiger partial charge is 0.507 e. The molecule has 10 rings (SSSR count). The molecule has 1 N–H and O–H groups in total. The van der Waals surface area contributed by atoms with Crippen LogP contribution in [0.25, 0.3) is 94.7 Å². The van der Waals surface area contributed by atoms with Crippen LogP contribution in [0, 0.1) is 6.07 Å². The van der Waals surface area contributed by atoms with E-state index in [4.69, 9.17) is 14.4 Å². The first kappa shape index (κ1) is 33.3. The molecule has 0 radical (unpaired) electrons. The summed E-state index contributed by atoms with van der Waals surface area (Å²) in [5, 5.41) is 13.2. The van der Waals surface area contributed by atoms with Gasteiger partial charge in [0, 0.05) is 38.5 Å². The molecule has 54 heavy (non-hydrogen) atoms. The van der Waals surface area contributed by atoms with Gasteiger partial charge in [-0.1, -0.05) is 145 Å². The van der Waals surface area contributed by atoms with Crippen molar-refractivity contribution in [1.82, 2.24) is 14.5 Å². The normalized spacial score (nSPS) is 11.3. The van der Waals surface area contributed by atoms with E-state index in [2.05, 4.69) is 102 Å². The molecule has 0 amide bonds. The van der Waals surface area contributed by atoms with Crippen molar-refractivity contribution in [2.24, 2.45) is 0 Å². The molecule has 6 heteroatoms. The molecule has 0 bridgehead atoms. The molecule has 7 aromatic carbocycles. The van der Waals surface area contributed by atoms with Gasteiger partial charge in [0.05, 0.1) is 27.9 Å². The number of aromatic nitrogens is 3. The van der Waals surface area contributed by atoms with Crippen LogP contribution in [0.2, 0.25) is 0 Å². The van der Waals surface area contributed by atoms with E-state index in [0.29, 0.717) is 11.4 Å². The van der Waals surface area contributed by atoms with Crippen molar-refractivity contribution < 1.29 is 30.6 Å². The monoisotopic (exact) mass is 875 g/mol. The summed E-state index contributed by atoms with van der Waals surface area (Å²) in [7, 11) is 0. The average molecular weight is 876 g/mol. The SMILES string of the molecule is Oc1ccccc1-c1nc2c(-c3[c-]c(-c4ccccn4)c4c(c3)oc3ccc(-c5ccccc5)cc34)cccc2n1-c1ccccc1-c1ccccc1.[Pt]. The summed E-state index contributed by atoms with van der Waals surface area (Å²) < 4.78 is 8.77. The van der Waals surface area contributed by atoms with Gasteiger partial charge in [-0.2, -0.15) is 0 Å². The minimum atomic E-state index is 0. The summed E-state index contributed by atoms with van der Waals surface area (Å²) in [6, 6.07) is 60.8. The van der Waals surface area contributed by atoms with E-state index < -0.39 is 0 Å². The molecule has 3 aromatic heterocycles. The van der Waals surface area contributed by atoms with Crippen molar-refractivity contribution in [3.8, 4) is 67.5 Å². The Kier molecular flexibility index (Phi) is 8.49. The molecule has 0 saturated heterocycles. The maximum Gasteiger partial charge on any atom is 0.148 e. The van der Waals surface area contributed by atoms with E-state index in [1.807, 2.05) is 79.0 Å². The molecule has 0 fully saturated rings. The first-order chi connectivity index (χ1) is 26.2. The Labute approximate surface area is 326 Å². The molecule has 0 aliphatic rings. The number of pyridine rings is 1. The third-order valence-corrected chi connectivity index (χ3v) is 9.88. The fourth-order valence-electron chi connectivity index (χ4n) is 7.43. The van der Waals surface area contributed by atoms with E-state index in [0.717, 1.165) is 83.3 Å². The van der Waals surface area contributed by atoms with Crippen LogP contribution in [-0.4, -0.2) is 19.6 Å². The average Bonchev–Trinajstić information content (AvgIpc) is 3.80. The molecule has 260 valence electrons. The standard InChI is InChI=1S/C48H30N3O2.Pt/c52-43-24-10-8-19-37(43)48-50-47-36(20-13-23-42(47)51(48)41-22-9-7-18-35(41)32-16-5-2-6-17-32)34-29-38(40-21-11-12-27-49-40)46-39-28-33(31-14-3-1-4-15-31)25-26-44(39)53-45(46)30-34;/h1-28,30,52H;/q-1;. The van der Waals surface area contributed by atoms with Crippen molar-refractivity contribution >= 4 is 33.0 Å². The Balaban J connectivity index is 0.00000384. The summed E-state index contributed by atoms with van der Waals surface area (Å²) in [6.07, 6.45) is 1.81. The second-order valence-electron chi connectivity index (χ2n) is 13.0. The number of furan rings is 1. The van der Waals surface area contributed by atoms with E-state index >= 15 is 0 Å². The van der Waals surface area contributed by atoms with Gasteiger partial charge >= 0.3 is 0 Å². The van der Waals surface area contributed by atoms with Crippen LogP contribution in [0.4, 0.5) is 0 Å². The number of benzene rings is 7. The van der Waals surface area contributed by atoms with Crippen LogP contribution < -0.4 is 0 Å². The van der Waals surface area contributed by atoms with Gasteiger partial charge in [0.25, 0.3) is 0 Å². The van der Waals surface area contributed by atoms with Gasteiger partial charge in [0.2, 0.25) is 0 Å². The van der Waals surface area contributed by atoms with Crippen molar-refractivity contribution in [1.29, 1.82) is 0 Å². The fourth-order valence-corrected chi connectivity index (χ4v) is 7.43. The van der Waals surface area contributed by atoms with Gasteiger partial charge in [-0.05, 0) is 63.9 Å². The first-order valence-corrected chi connectivity index (χ1v) is 17.6. The zero-order valence-electron chi connectivity index (χ0n) is 28.8. The van der Waals surface area contributed by atoms with Gasteiger partial charge in [-0.25, -0.2) is 4.98 Å². The van der Waals surface area contributed by atoms with Crippen LogP contribution in [0.15, 0.2) is 180 Å². The smallest absolute Gasteiger partial charge is 0.148 e. The predicted molar refractivity (Wildman–Crippen MR) is 214 cm³/mol. The van der Waals surface area contributed by atoms with Gasteiger partial charge in [0.1, 0.15) is 17.2 Å². The van der Waals surface area contributed by atoms with E-state index in [1.165, 1.54) is 0 Å². The molecule has 0 saturated carbocycles. The predicted octanol–water partition coefficient (Wildman–Crippen LogP) is 12.2. The topological polar surface area (TPSA) is 64.1 Å². The Morgan fingerprint density at radius 3 is 2.06 bits per heavy atom. The zero-order chi connectivity index (χ0) is 35.3. The number of phenolic OH excluding ortho intramolecular Hbond substituents is 1. The minimum Gasteiger partial charge on any atom is -0.507 e. The second-order valence-corrected chi connectivity index (χ2v) is 13.0. The van der Waals surface area contributed by atoms with Crippen LogP contribution in [0.5, 0.6) is 5.75 Å². The molecule has 10 aromatic rings. The van der Waals surface area contributed by atoms with Gasteiger partial charge < -0.3 is 9.52 Å². The second kappa shape index (κ2) is 13.8. The fraction of sp³-hybridized carbons (Fsp3) is 0. The number of hydrogen-bond donors (Lipinski definition) is 1. The number of phenols is 1. The summed E-state index contributed by atoms with van der Waals surface area (Å²) in [6.45, 7) is 0. The minimum absolute atomic E-state index is 0. The Bertz CT molecular complexity index is 2950. The first-order valence-electron chi connectivity index (χ1n) is 17.6. The number of para-hydroxylation sites is 3. The Hall–Kier alpha value is -6.55. The Morgan fingerprint density at radius 1 is 0.574 bits per heavy atom. The molecule has 0 aliphatic carbocycles. The summed E-state index contributed by atoms with van der Waals surface area (Å²) in [5.41, 5.74) is 12.6. The van der Waals surface area contributed by atoms with Crippen molar-refractivity contribution in [3.05, 3.63) is 182 Å². The van der Waals surface area contributed by atoms with E-state index in [9.17, 15) is 5.11 Å². The van der Waals surface area contributed by atoms with E-state index in [1.54, 1.807) is 6.07 Å². The van der Waals surface area contributed by atoms with Crippen LogP contribution in [0.3, 0.4) is 0 Å². The number of hydrogen-bond acceptors (Lipinski definition) is 4. The van der Waals surface area contributed by atoms with E-state index in [-0.39, 0.29) is 26.8 Å². The number of nitrogens with zero attached hydrogens (tertiary/aromatic N) is 3. The summed E-state index contributed by atoms with van der Waals surface area (Å²) in [4.78, 5) is 10.1. The number of aromatic hydroxyl groups is 1. The summed E-state index contributed by atoms with van der Waals surface area (Å²) >= 11 is 0. The maximum atomic E-state index is 11.2. The molecule has 0 spiro atoms. The molecular weight excluding hydrogens is 846 g/mol. The van der Waals surface area contributed by atoms with Crippen LogP contribution in [0.1, 0.15) is 0 Å². The van der Waals surface area contributed by atoms with Gasteiger partial charge in [0.15, 0.2) is 0 Å². The van der Waals surface area contributed by atoms with Crippen LogP contribution in [-0.2, 0) is 21.1 Å². The van der Waals surface area contributed by atoms with Crippen LogP contribution >= 0.6 is 0 Å².